The lowest BCUT2D eigenvalue weighted by Crippen LogP contribution is -2.14. The molecule has 164 valence electrons. The van der Waals surface area contributed by atoms with Gasteiger partial charge in [-0.3, -0.25) is 4.79 Å². The number of amides is 1. The summed E-state index contributed by atoms with van der Waals surface area (Å²) in [6, 6.07) is 14.9. The number of nitrogens with one attached hydrogen (secondary N) is 1. The second-order valence-corrected chi connectivity index (χ2v) is 8.01. The van der Waals surface area contributed by atoms with Gasteiger partial charge in [0.1, 0.15) is 17.2 Å². The van der Waals surface area contributed by atoms with Crippen LogP contribution in [0.3, 0.4) is 0 Å². The number of hydrogen-bond acceptors (Lipinski definition) is 6. The van der Waals surface area contributed by atoms with Gasteiger partial charge in [0.05, 0.1) is 24.4 Å². The van der Waals surface area contributed by atoms with Crippen molar-refractivity contribution in [1.29, 1.82) is 0 Å². The second kappa shape index (κ2) is 9.35. The molecule has 1 amide bonds. The fourth-order valence-corrected chi connectivity index (χ4v) is 3.46. The first-order valence-electron chi connectivity index (χ1n) is 10.1. The summed E-state index contributed by atoms with van der Waals surface area (Å²) in [5.74, 6) is 1.54. The van der Waals surface area contributed by atoms with Crippen LogP contribution in [0.25, 0.3) is 11.5 Å². The van der Waals surface area contributed by atoms with E-state index in [-0.39, 0.29) is 11.6 Å². The molecule has 0 fully saturated rings. The second-order valence-electron chi connectivity index (χ2n) is 7.09. The fourth-order valence-electron chi connectivity index (χ4n) is 3.20. The van der Waals surface area contributed by atoms with Crippen molar-refractivity contribution < 1.29 is 13.9 Å². The quantitative estimate of drug-likeness (QED) is 0.387. The number of halogens is 1. The molecule has 4 aromatic rings. The monoisotopic (exact) mass is 495 g/mol. The first-order chi connectivity index (χ1) is 15.5. The molecule has 1 N–H and O–H groups in total. The third-order valence-corrected chi connectivity index (χ3v) is 5.44. The van der Waals surface area contributed by atoms with E-state index in [1.165, 1.54) is 0 Å². The van der Waals surface area contributed by atoms with Gasteiger partial charge in [0.25, 0.3) is 5.91 Å². The third kappa shape index (κ3) is 4.57. The lowest BCUT2D eigenvalue weighted by molar-refractivity contribution is 0.102. The van der Waals surface area contributed by atoms with Gasteiger partial charge >= 0.3 is 0 Å². The predicted molar refractivity (Wildman–Crippen MR) is 124 cm³/mol. The minimum atomic E-state index is -0.320. The van der Waals surface area contributed by atoms with Gasteiger partial charge in [0.15, 0.2) is 5.69 Å². The Morgan fingerprint density at radius 3 is 2.66 bits per heavy atom. The number of ether oxygens (including phenoxy) is 1. The summed E-state index contributed by atoms with van der Waals surface area (Å²) in [5, 5.41) is 11.1. The molecule has 9 heteroatoms. The van der Waals surface area contributed by atoms with Crippen LogP contribution < -0.4 is 10.1 Å². The average Bonchev–Trinajstić information content (AvgIpc) is 3.33. The average molecular weight is 496 g/mol. The van der Waals surface area contributed by atoms with Crippen LogP contribution in [0.5, 0.6) is 5.75 Å². The molecule has 0 radical (unpaired) electrons. The van der Waals surface area contributed by atoms with Crippen molar-refractivity contribution in [2.45, 2.75) is 27.3 Å². The number of carbonyl (C=O) groups is 1. The maximum atomic E-state index is 12.7. The first kappa shape index (κ1) is 21.8. The molecule has 2 aromatic heterocycles. The molecule has 0 aliphatic rings. The Hall–Kier alpha value is -3.46. The van der Waals surface area contributed by atoms with Crippen LogP contribution in [0.15, 0.2) is 57.4 Å². The largest absolute Gasteiger partial charge is 0.493 e. The highest BCUT2D eigenvalue weighted by molar-refractivity contribution is 9.10. The van der Waals surface area contributed by atoms with Crippen LogP contribution in [0.4, 0.5) is 5.69 Å². The summed E-state index contributed by atoms with van der Waals surface area (Å²) in [7, 11) is 0. The summed E-state index contributed by atoms with van der Waals surface area (Å²) in [6.07, 6.45) is 0. The molecule has 8 nitrogen and oxygen atoms in total. The van der Waals surface area contributed by atoms with Gasteiger partial charge in [0.2, 0.25) is 5.89 Å². The topological polar surface area (TPSA) is 95.1 Å². The van der Waals surface area contributed by atoms with Crippen molar-refractivity contribution in [2.75, 3.05) is 11.9 Å². The molecule has 0 saturated carbocycles. The fraction of sp³-hybridized carbons (Fsp3) is 0.217. The van der Waals surface area contributed by atoms with Crippen LogP contribution in [0, 0.1) is 13.8 Å². The lowest BCUT2D eigenvalue weighted by atomic mass is 10.2. The molecule has 32 heavy (non-hydrogen) atoms. The molecule has 0 atom stereocenters. The van der Waals surface area contributed by atoms with E-state index in [0.29, 0.717) is 47.6 Å². The molecule has 0 bridgehead atoms. The highest BCUT2D eigenvalue weighted by atomic mass is 79.9. The minimum Gasteiger partial charge on any atom is -0.493 e. The van der Waals surface area contributed by atoms with Gasteiger partial charge in [-0.25, -0.2) is 9.67 Å². The Kier molecular flexibility index (Phi) is 6.36. The van der Waals surface area contributed by atoms with Gasteiger partial charge in [-0.05, 0) is 57.2 Å². The Bertz CT molecular complexity index is 1250. The van der Waals surface area contributed by atoms with Crippen molar-refractivity contribution in [3.63, 3.8) is 0 Å². The van der Waals surface area contributed by atoms with Gasteiger partial charge < -0.3 is 14.5 Å². The SMILES string of the molecule is CCOc1ccccc1-c1nc(Cn2nnc(C(=O)Nc3ccc(Br)cc3)c2C)c(C)o1. The molecule has 0 spiro atoms. The zero-order chi connectivity index (χ0) is 22.7. The number of para-hydroxylation sites is 1. The number of carbonyl (C=O) groups excluding carboxylic acids is 1. The van der Waals surface area contributed by atoms with E-state index in [4.69, 9.17) is 9.15 Å². The molecule has 0 aliphatic carbocycles. The zero-order valence-corrected chi connectivity index (χ0v) is 19.5. The molecule has 0 saturated heterocycles. The summed E-state index contributed by atoms with van der Waals surface area (Å²) >= 11 is 3.38. The smallest absolute Gasteiger partial charge is 0.278 e. The molecular weight excluding hydrogens is 474 g/mol. The van der Waals surface area contributed by atoms with Crippen molar-refractivity contribution in [1.82, 2.24) is 20.0 Å². The molecular formula is C23H22BrN5O3. The van der Waals surface area contributed by atoms with Crippen molar-refractivity contribution in [2.24, 2.45) is 0 Å². The van der Waals surface area contributed by atoms with Crippen LogP contribution in [-0.2, 0) is 6.54 Å². The standard InChI is InChI=1S/C23H22BrN5O3/c1-4-31-20-8-6-5-7-18(20)23-26-19(15(3)32-23)13-29-14(2)21(27-28-29)22(30)25-17-11-9-16(24)10-12-17/h5-12H,4,13H2,1-3H3,(H,25,30). The third-order valence-electron chi connectivity index (χ3n) is 4.91. The summed E-state index contributed by atoms with van der Waals surface area (Å²) in [5.41, 5.74) is 3.07. The van der Waals surface area contributed by atoms with E-state index >= 15 is 0 Å². The number of benzene rings is 2. The first-order valence-corrected chi connectivity index (χ1v) is 10.9. The molecule has 4 rings (SSSR count). The maximum Gasteiger partial charge on any atom is 0.278 e. The normalized spacial score (nSPS) is 10.9. The highest BCUT2D eigenvalue weighted by Gasteiger charge is 2.20. The maximum absolute atomic E-state index is 12.7. The van der Waals surface area contributed by atoms with Crippen LogP contribution in [0.2, 0.25) is 0 Å². The van der Waals surface area contributed by atoms with E-state index < -0.39 is 0 Å². The van der Waals surface area contributed by atoms with E-state index in [9.17, 15) is 4.79 Å². The highest BCUT2D eigenvalue weighted by Crippen LogP contribution is 2.30. The van der Waals surface area contributed by atoms with Crippen molar-refractivity contribution in [3.8, 4) is 17.2 Å². The van der Waals surface area contributed by atoms with Crippen LogP contribution in [-0.4, -0.2) is 32.5 Å². The number of rotatable bonds is 7. The summed E-state index contributed by atoms with van der Waals surface area (Å²) in [4.78, 5) is 17.3. The summed E-state index contributed by atoms with van der Waals surface area (Å²) < 4.78 is 14.2. The minimum absolute atomic E-state index is 0.260. The van der Waals surface area contributed by atoms with Crippen LogP contribution >= 0.6 is 15.9 Å². The van der Waals surface area contributed by atoms with Crippen LogP contribution in [0.1, 0.15) is 34.6 Å². The number of anilines is 1. The Balaban J connectivity index is 1.54. The number of aromatic nitrogens is 4. The Labute approximate surface area is 193 Å². The Morgan fingerprint density at radius 1 is 1.16 bits per heavy atom. The number of aryl methyl sites for hydroxylation is 1. The Morgan fingerprint density at radius 2 is 1.91 bits per heavy atom. The van der Waals surface area contributed by atoms with E-state index in [0.717, 1.165) is 10.0 Å². The zero-order valence-electron chi connectivity index (χ0n) is 17.9. The van der Waals surface area contributed by atoms with Gasteiger partial charge in [-0.2, -0.15) is 0 Å². The van der Waals surface area contributed by atoms with Gasteiger partial charge in [-0.15, -0.1) is 5.10 Å². The lowest BCUT2D eigenvalue weighted by Gasteiger charge is -2.06. The van der Waals surface area contributed by atoms with Crippen molar-refractivity contribution in [3.05, 3.63) is 75.8 Å². The van der Waals surface area contributed by atoms with E-state index in [2.05, 4.69) is 36.5 Å². The number of oxazole rings is 1. The molecule has 2 aromatic carbocycles. The predicted octanol–water partition coefficient (Wildman–Crippen LogP) is 5.01. The van der Waals surface area contributed by atoms with Gasteiger partial charge in [-0.1, -0.05) is 33.3 Å². The number of hydrogen-bond donors (Lipinski definition) is 1. The van der Waals surface area contributed by atoms with Crippen molar-refractivity contribution >= 4 is 27.5 Å². The number of nitrogens with zero attached hydrogens (tertiary/aromatic N) is 4. The summed E-state index contributed by atoms with van der Waals surface area (Å²) in [6.45, 7) is 6.46. The molecule has 0 unspecified atom stereocenters. The van der Waals surface area contributed by atoms with Gasteiger partial charge in [0, 0.05) is 10.2 Å². The van der Waals surface area contributed by atoms with E-state index in [1.54, 1.807) is 11.6 Å². The molecule has 2 heterocycles. The van der Waals surface area contributed by atoms with E-state index in [1.807, 2.05) is 62.4 Å². The molecule has 0 aliphatic heterocycles.